The molecule has 2 N–H and O–H groups in total. The van der Waals surface area contributed by atoms with Gasteiger partial charge in [0.2, 0.25) is 5.82 Å². The van der Waals surface area contributed by atoms with Gasteiger partial charge in [0, 0.05) is 6.42 Å². The summed E-state index contributed by atoms with van der Waals surface area (Å²) in [5, 5.41) is 15.4. The SMILES string of the molecule is Cc1ccc(C2=C(c3nn[nH]n3)C(=O)NC(c3ccc(OCC(F)C(F)CCCF)cc3)(C(F)(F)F)C2)cc1. The Morgan fingerprint density at radius 3 is 2.33 bits per heavy atom. The van der Waals surface area contributed by atoms with Crippen LogP contribution in [0.25, 0.3) is 11.1 Å². The maximum Gasteiger partial charge on any atom is 0.416 e. The molecule has 1 aliphatic rings. The van der Waals surface area contributed by atoms with Crippen LogP contribution in [0.1, 0.15) is 41.8 Å². The number of amides is 1. The number of aryl methyl sites for hydroxylation is 1. The molecule has 0 aliphatic carbocycles. The smallest absolute Gasteiger partial charge is 0.416 e. The molecule has 0 radical (unpaired) electrons. The van der Waals surface area contributed by atoms with Crippen LogP contribution in [0.5, 0.6) is 5.75 Å². The fourth-order valence-corrected chi connectivity index (χ4v) is 4.37. The molecule has 0 saturated heterocycles. The van der Waals surface area contributed by atoms with Gasteiger partial charge in [0.05, 0.1) is 12.2 Å². The number of nitrogens with zero attached hydrogens (tertiary/aromatic N) is 3. The monoisotopic (exact) mass is 553 g/mol. The van der Waals surface area contributed by atoms with E-state index >= 15 is 0 Å². The largest absolute Gasteiger partial charge is 0.490 e. The molecule has 3 unspecified atom stereocenters. The summed E-state index contributed by atoms with van der Waals surface area (Å²) < 4.78 is 89.5. The second-order valence-electron chi connectivity index (χ2n) is 9.19. The van der Waals surface area contributed by atoms with Crippen molar-refractivity contribution in [2.75, 3.05) is 13.3 Å². The third-order valence-electron chi connectivity index (χ3n) is 6.51. The van der Waals surface area contributed by atoms with Crippen LogP contribution in [0.3, 0.4) is 0 Å². The van der Waals surface area contributed by atoms with E-state index in [0.717, 1.165) is 17.7 Å². The fourth-order valence-electron chi connectivity index (χ4n) is 4.37. The number of benzene rings is 2. The highest BCUT2D eigenvalue weighted by molar-refractivity contribution is 6.27. The van der Waals surface area contributed by atoms with Crippen molar-refractivity contribution in [1.82, 2.24) is 25.9 Å². The minimum Gasteiger partial charge on any atom is -0.490 e. The number of H-pyrrole nitrogens is 1. The molecule has 208 valence electrons. The Bertz CT molecular complexity index is 1300. The Balaban J connectivity index is 1.67. The molecule has 0 bridgehead atoms. The normalized spacial score (nSPS) is 19.5. The standard InChI is InChI=1S/C26H25F6N5O2/c1-15-4-6-16(7-5-15)19-13-25(26(30,31)32,33-24(38)22(19)23-34-36-37-35-23)17-8-10-18(11-9-17)39-14-21(29)20(28)3-2-12-27/h4-11,20-21H,2-3,12-14H2,1H3,(H,33,38)(H,34,35,36,37). The Kier molecular flexibility index (Phi) is 8.26. The van der Waals surface area contributed by atoms with Gasteiger partial charge in [0.25, 0.3) is 5.91 Å². The number of ether oxygens (including phenoxy) is 1. The van der Waals surface area contributed by atoms with Crippen LogP contribution in [-0.4, -0.2) is 58.3 Å². The van der Waals surface area contributed by atoms with Crippen LogP contribution >= 0.6 is 0 Å². The van der Waals surface area contributed by atoms with Crippen molar-refractivity contribution >= 4 is 17.1 Å². The Hall–Kier alpha value is -3.90. The van der Waals surface area contributed by atoms with E-state index in [0.29, 0.717) is 5.56 Å². The van der Waals surface area contributed by atoms with E-state index in [1.807, 2.05) is 6.92 Å². The molecular weight excluding hydrogens is 528 g/mol. The number of hydrogen-bond acceptors (Lipinski definition) is 5. The van der Waals surface area contributed by atoms with Crippen molar-refractivity contribution in [3.8, 4) is 5.75 Å². The molecule has 4 rings (SSSR count). The molecule has 3 atom stereocenters. The second-order valence-corrected chi connectivity index (χ2v) is 9.19. The predicted octanol–water partition coefficient (Wildman–Crippen LogP) is 5.20. The maximum absolute atomic E-state index is 14.8. The lowest BCUT2D eigenvalue weighted by Crippen LogP contribution is -2.58. The highest BCUT2D eigenvalue weighted by Crippen LogP contribution is 2.49. The summed E-state index contributed by atoms with van der Waals surface area (Å²) >= 11 is 0. The lowest BCUT2D eigenvalue weighted by Gasteiger charge is -2.41. The Morgan fingerprint density at radius 1 is 1.05 bits per heavy atom. The summed E-state index contributed by atoms with van der Waals surface area (Å²) in [6, 6.07) is 11.2. The molecule has 3 aromatic rings. The Morgan fingerprint density at radius 2 is 1.74 bits per heavy atom. The van der Waals surface area contributed by atoms with Gasteiger partial charge in [-0.2, -0.15) is 18.4 Å². The van der Waals surface area contributed by atoms with Crippen LogP contribution in [-0.2, 0) is 10.3 Å². The number of aromatic nitrogens is 4. The maximum atomic E-state index is 14.8. The number of alkyl halides is 6. The molecule has 2 aromatic carbocycles. The second kappa shape index (κ2) is 11.5. The third kappa shape index (κ3) is 5.91. The van der Waals surface area contributed by atoms with Gasteiger partial charge in [0.1, 0.15) is 18.5 Å². The van der Waals surface area contributed by atoms with Crippen molar-refractivity contribution in [1.29, 1.82) is 0 Å². The number of carbonyl (C=O) groups excluding carboxylic acids is 1. The third-order valence-corrected chi connectivity index (χ3v) is 6.51. The molecule has 2 heterocycles. The van der Waals surface area contributed by atoms with E-state index in [-0.39, 0.29) is 41.1 Å². The summed E-state index contributed by atoms with van der Waals surface area (Å²) in [6.07, 6.45) is -10.0. The van der Waals surface area contributed by atoms with E-state index in [1.165, 1.54) is 12.1 Å². The first-order valence-corrected chi connectivity index (χ1v) is 12.1. The molecule has 0 fully saturated rings. The minimum absolute atomic E-state index is 0.000313. The van der Waals surface area contributed by atoms with E-state index in [9.17, 15) is 31.1 Å². The van der Waals surface area contributed by atoms with Gasteiger partial charge in [0.15, 0.2) is 11.7 Å². The summed E-state index contributed by atoms with van der Waals surface area (Å²) in [5.74, 6) is -1.19. The van der Waals surface area contributed by atoms with Crippen LogP contribution in [0.2, 0.25) is 0 Å². The molecule has 13 heteroatoms. The first-order chi connectivity index (χ1) is 18.6. The number of tetrazole rings is 1. The predicted molar refractivity (Wildman–Crippen MR) is 130 cm³/mol. The zero-order valence-corrected chi connectivity index (χ0v) is 20.7. The molecule has 1 amide bonds. The summed E-state index contributed by atoms with van der Waals surface area (Å²) in [6.45, 7) is 0.352. The van der Waals surface area contributed by atoms with Gasteiger partial charge in [-0.05, 0) is 53.8 Å². The highest BCUT2D eigenvalue weighted by Gasteiger charge is 2.59. The number of nitrogens with one attached hydrogen (secondary N) is 2. The van der Waals surface area contributed by atoms with E-state index < -0.39 is 49.7 Å². The number of rotatable bonds is 10. The van der Waals surface area contributed by atoms with Crippen molar-refractivity contribution in [2.45, 2.75) is 50.2 Å². The van der Waals surface area contributed by atoms with Gasteiger partial charge < -0.3 is 10.1 Å². The molecule has 7 nitrogen and oxygen atoms in total. The number of hydrogen-bond donors (Lipinski definition) is 2. The summed E-state index contributed by atoms with van der Waals surface area (Å²) in [7, 11) is 0. The number of carbonyl (C=O) groups is 1. The zero-order valence-electron chi connectivity index (χ0n) is 20.7. The zero-order chi connectivity index (χ0) is 28.2. The van der Waals surface area contributed by atoms with Crippen LogP contribution in [0.4, 0.5) is 26.3 Å². The number of halogens is 6. The molecule has 0 saturated carbocycles. The minimum atomic E-state index is -4.94. The van der Waals surface area contributed by atoms with Crippen LogP contribution < -0.4 is 10.1 Å². The molecule has 1 aliphatic heterocycles. The molecular formula is C26H25F6N5O2. The lowest BCUT2D eigenvalue weighted by atomic mass is 9.76. The van der Waals surface area contributed by atoms with Crippen molar-refractivity contribution in [3.05, 3.63) is 71.0 Å². The van der Waals surface area contributed by atoms with Crippen molar-refractivity contribution < 1.29 is 35.9 Å². The van der Waals surface area contributed by atoms with Crippen LogP contribution in [0, 0.1) is 6.92 Å². The van der Waals surface area contributed by atoms with E-state index in [4.69, 9.17) is 4.74 Å². The highest BCUT2D eigenvalue weighted by atomic mass is 19.4. The molecule has 39 heavy (non-hydrogen) atoms. The van der Waals surface area contributed by atoms with E-state index in [2.05, 4.69) is 25.9 Å². The van der Waals surface area contributed by atoms with Crippen molar-refractivity contribution in [2.24, 2.45) is 0 Å². The molecule has 0 spiro atoms. The van der Waals surface area contributed by atoms with Gasteiger partial charge >= 0.3 is 6.18 Å². The summed E-state index contributed by atoms with van der Waals surface area (Å²) in [4.78, 5) is 13.2. The van der Waals surface area contributed by atoms with Crippen LogP contribution in [0.15, 0.2) is 48.5 Å². The first kappa shape index (κ1) is 28.1. The molecule has 1 aromatic heterocycles. The van der Waals surface area contributed by atoms with E-state index in [1.54, 1.807) is 24.3 Å². The summed E-state index contributed by atoms with van der Waals surface area (Å²) in [5.41, 5.74) is -1.94. The van der Waals surface area contributed by atoms with Gasteiger partial charge in [-0.15, -0.1) is 10.2 Å². The average Bonchev–Trinajstić information content (AvgIpc) is 3.44. The van der Waals surface area contributed by atoms with Gasteiger partial charge in [-0.25, -0.2) is 8.78 Å². The average molecular weight is 554 g/mol. The van der Waals surface area contributed by atoms with Gasteiger partial charge in [-0.1, -0.05) is 42.0 Å². The fraction of sp³-hybridized carbons (Fsp3) is 0.385. The topological polar surface area (TPSA) is 92.8 Å². The quantitative estimate of drug-likeness (QED) is 0.337. The lowest BCUT2D eigenvalue weighted by molar-refractivity contribution is -0.201. The van der Waals surface area contributed by atoms with Gasteiger partial charge in [-0.3, -0.25) is 9.18 Å². The number of aromatic amines is 1. The van der Waals surface area contributed by atoms with Crippen molar-refractivity contribution in [3.63, 3.8) is 0 Å². The Labute approximate surface area is 219 Å². The first-order valence-electron chi connectivity index (χ1n) is 12.1.